The predicted octanol–water partition coefficient (Wildman–Crippen LogP) is 3.72. The molecule has 5 heteroatoms. The molecule has 3 rings (SSSR count). The number of nitrogen functional groups attached to an aromatic ring is 1. The molecule has 0 fully saturated rings. The Morgan fingerprint density at radius 3 is 2.48 bits per heavy atom. The van der Waals surface area contributed by atoms with E-state index >= 15 is 0 Å². The maximum atomic E-state index is 12.4. The zero-order chi connectivity index (χ0) is 14.8. The lowest BCUT2D eigenvalue weighted by Crippen LogP contribution is -2.13. The van der Waals surface area contributed by atoms with Crippen LogP contribution >= 0.6 is 11.6 Å². The van der Waals surface area contributed by atoms with Crippen LogP contribution in [-0.2, 0) is 0 Å². The number of nitrogens with one attached hydrogen (secondary N) is 1. The van der Waals surface area contributed by atoms with Crippen LogP contribution in [0.15, 0.2) is 54.7 Å². The number of aromatic nitrogens is 1. The summed E-state index contributed by atoms with van der Waals surface area (Å²) < 4.78 is 0. The Morgan fingerprint density at radius 1 is 1.05 bits per heavy atom. The number of rotatable bonds is 2. The number of para-hydroxylation sites is 1. The van der Waals surface area contributed by atoms with Gasteiger partial charge in [-0.15, -0.1) is 0 Å². The van der Waals surface area contributed by atoms with Gasteiger partial charge in [0.2, 0.25) is 0 Å². The Bertz CT molecular complexity index is 833. The fourth-order valence-corrected chi connectivity index (χ4v) is 2.33. The zero-order valence-corrected chi connectivity index (χ0v) is 11.8. The van der Waals surface area contributed by atoms with Gasteiger partial charge in [0.25, 0.3) is 5.91 Å². The fraction of sp³-hybridized carbons (Fsp3) is 0. The van der Waals surface area contributed by atoms with Crippen molar-refractivity contribution in [1.29, 1.82) is 0 Å². The first kappa shape index (κ1) is 13.4. The quantitative estimate of drug-likeness (QED) is 0.757. The predicted molar refractivity (Wildman–Crippen MR) is 85.6 cm³/mol. The molecular weight excluding hydrogens is 286 g/mol. The molecule has 3 N–H and O–H groups in total. The molecule has 1 heterocycles. The van der Waals surface area contributed by atoms with E-state index in [-0.39, 0.29) is 5.91 Å². The van der Waals surface area contributed by atoms with Crippen molar-refractivity contribution in [2.75, 3.05) is 11.1 Å². The molecular formula is C16H12ClN3O. The van der Waals surface area contributed by atoms with Gasteiger partial charge in [-0.1, -0.05) is 48.0 Å². The first-order valence-corrected chi connectivity index (χ1v) is 6.73. The number of benzene rings is 2. The first-order valence-electron chi connectivity index (χ1n) is 6.36. The van der Waals surface area contributed by atoms with E-state index in [1.54, 1.807) is 24.3 Å². The summed E-state index contributed by atoms with van der Waals surface area (Å²) in [5, 5.41) is 4.78. The molecule has 1 amide bonds. The number of hydrogen-bond donors (Lipinski definition) is 2. The van der Waals surface area contributed by atoms with Crippen molar-refractivity contribution in [3.63, 3.8) is 0 Å². The molecule has 0 saturated carbocycles. The second-order valence-electron chi connectivity index (χ2n) is 4.54. The second kappa shape index (κ2) is 5.42. The van der Waals surface area contributed by atoms with Crippen molar-refractivity contribution in [3.05, 3.63) is 65.3 Å². The molecule has 0 saturated heterocycles. The van der Waals surface area contributed by atoms with Gasteiger partial charge in [-0.25, -0.2) is 4.98 Å². The van der Waals surface area contributed by atoms with Crippen LogP contribution in [0.5, 0.6) is 0 Å². The van der Waals surface area contributed by atoms with E-state index in [0.717, 1.165) is 10.8 Å². The summed E-state index contributed by atoms with van der Waals surface area (Å²) in [5.41, 5.74) is 6.86. The van der Waals surface area contributed by atoms with Gasteiger partial charge in [-0.2, -0.15) is 0 Å². The maximum Gasteiger partial charge on any atom is 0.257 e. The van der Waals surface area contributed by atoms with Gasteiger partial charge in [0.05, 0.1) is 16.3 Å². The van der Waals surface area contributed by atoms with Crippen molar-refractivity contribution in [3.8, 4) is 0 Å². The number of nitrogens with zero attached hydrogens (tertiary/aromatic N) is 1. The third kappa shape index (κ3) is 2.53. The van der Waals surface area contributed by atoms with Crippen LogP contribution in [0.25, 0.3) is 10.8 Å². The molecule has 104 valence electrons. The van der Waals surface area contributed by atoms with Gasteiger partial charge in [0.15, 0.2) is 0 Å². The van der Waals surface area contributed by atoms with Gasteiger partial charge >= 0.3 is 0 Å². The number of hydrogen-bond acceptors (Lipinski definition) is 3. The molecule has 2 aromatic carbocycles. The average Bonchev–Trinajstić information content (AvgIpc) is 2.50. The Hall–Kier alpha value is -2.59. The van der Waals surface area contributed by atoms with E-state index < -0.39 is 0 Å². The number of fused-ring (bicyclic) bond motifs is 1. The summed E-state index contributed by atoms with van der Waals surface area (Å²) in [6.07, 6.45) is 1.48. The van der Waals surface area contributed by atoms with Crippen molar-refractivity contribution in [2.45, 2.75) is 0 Å². The molecule has 0 aliphatic rings. The van der Waals surface area contributed by atoms with Crippen LogP contribution in [0.3, 0.4) is 0 Å². The molecule has 0 aliphatic carbocycles. The molecule has 0 spiro atoms. The Balaban J connectivity index is 2.03. The van der Waals surface area contributed by atoms with Crippen LogP contribution in [0.2, 0.25) is 5.02 Å². The van der Waals surface area contributed by atoms with Gasteiger partial charge in [-0.3, -0.25) is 4.79 Å². The van der Waals surface area contributed by atoms with E-state index in [4.69, 9.17) is 17.3 Å². The van der Waals surface area contributed by atoms with E-state index in [1.165, 1.54) is 6.20 Å². The lowest BCUT2D eigenvalue weighted by molar-refractivity contribution is 0.102. The lowest BCUT2D eigenvalue weighted by Gasteiger charge is -2.10. The van der Waals surface area contributed by atoms with Crippen molar-refractivity contribution < 1.29 is 4.79 Å². The second-order valence-corrected chi connectivity index (χ2v) is 4.94. The topological polar surface area (TPSA) is 68.0 Å². The highest BCUT2D eigenvalue weighted by atomic mass is 35.5. The molecule has 0 atom stereocenters. The normalized spacial score (nSPS) is 10.5. The van der Waals surface area contributed by atoms with Gasteiger partial charge in [-0.05, 0) is 17.5 Å². The summed E-state index contributed by atoms with van der Waals surface area (Å²) in [6.45, 7) is 0. The molecule has 0 aliphatic heterocycles. The lowest BCUT2D eigenvalue weighted by atomic mass is 10.1. The Morgan fingerprint density at radius 2 is 1.71 bits per heavy atom. The van der Waals surface area contributed by atoms with Gasteiger partial charge in [0, 0.05) is 11.6 Å². The molecule has 3 aromatic rings. The molecule has 0 unspecified atom stereocenters. The number of pyridine rings is 1. The minimum atomic E-state index is -0.271. The number of anilines is 2. The van der Waals surface area contributed by atoms with E-state index in [1.807, 2.05) is 24.3 Å². The Kier molecular flexibility index (Phi) is 3.46. The summed E-state index contributed by atoms with van der Waals surface area (Å²) in [6, 6.07) is 14.5. The number of amides is 1. The SMILES string of the molecule is Nc1ncc(C(=O)Nc2ccccc2Cl)c2ccccc12. The van der Waals surface area contributed by atoms with Crippen LogP contribution in [0.1, 0.15) is 10.4 Å². The minimum Gasteiger partial charge on any atom is -0.383 e. The van der Waals surface area contributed by atoms with Crippen molar-refractivity contribution in [1.82, 2.24) is 4.98 Å². The molecule has 0 bridgehead atoms. The third-order valence-electron chi connectivity index (χ3n) is 3.19. The summed E-state index contributed by atoms with van der Waals surface area (Å²) in [5.74, 6) is 0.131. The number of nitrogens with two attached hydrogens (primary N) is 1. The van der Waals surface area contributed by atoms with Gasteiger partial charge in [0.1, 0.15) is 5.82 Å². The van der Waals surface area contributed by atoms with Crippen LogP contribution < -0.4 is 11.1 Å². The average molecular weight is 298 g/mol. The highest BCUT2D eigenvalue weighted by molar-refractivity contribution is 6.34. The van der Waals surface area contributed by atoms with E-state index in [2.05, 4.69) is 10.3 Å². The first-order chi connectivity index (χ1) is 10.2. The third-order valence-corrected chi connectivity index (χ3v) is 3.52. The molecule has 4 nitrogen and oxygen atoms in total. The number of carbonyl (C=O) groups is 1. The molecule has 0 radical (unpaired) electrons. The van der Waals surface area contributed by atoms with Gasteiger partial charge < -0.3 is 11.1 Å². The standard InChI is InChI=1S/C16H12ClN3O/c17-13-7-3-4-8-14(13)20-16(21)12-9-19-15(18)11-6-2-1-5-10(11)12/h1-9H,(H2,18,19)(H,20,21). The monoisotopic (exact) mass is 297 g/mol. The largest absolute Gasteiger partial charge is 0.383 e. The van der Waals surface area contributed by atoms with Crippen molar-refractivity contribution >= 4 is 39.8 Å². The van der Waals surface area contributed by atoms with Crippen molar-refractivity contribution in [2.24, 2.45) is 0 Å². The highest BCUT2D eigenvalue weighted by Gasteiger charge is 2.13. The van der Waals surface area contributed by atoms with Crippen LogP contribution in [0, 0.1) is 0 Å². The molecule has 1 aromatic heterocycles. The highest BCUT2D eigenvalue weighted by Crippen LogP contribution is 2.25. The smallest absolute Gasteiger partial charge is 0.257 e. The minimum absolute atomic E-state index is 0.271. The maximum absolute atomic E-state index is 12.4. The summed E-state index contributed by atoms with van der Waals surface area (Å²) in [7, 11) is 0. The van der Waals surface area contributed by atoms with E-state index in [9.17, 15) is 4.79 Å². The molecule has 21 heavy (non-hydrogen) atoms. The van der Waals surface area contributed by atoms with Crippen LogP contribution in [0.4, 0.5) is 11.5 Å². The number of halogens is 1. The van der Waals surface area contributed by atoms with E-state index in [0.29, 0.717) is 22.1 Å². The zero-order valence-electron chi connectivity index (χ0n) is 11.0. The summed E-state index contributed by atoms with van der Waals surface area (Å²) >= 11 is 6.05. The summed E-state index contributed by atoms with van der Waals surface area (Å²) in [4.78, 5) is 16.5. The number of carbonyl (C=O) groups excluding carboxylic acids is 1. The van der Waals surface area contributed by atoms with Crippen LogP contribution in [-0.4, -0.2) is 10.9 Å². The Labute approximate surface area is 126 Å². The fourth-order valence-electron chi connectivity index (χ4n) is 2.15.